The first-order valence-electron chi connectivity index (χ1n) is 6.56. The highest BCUT2D eigenvalue weighted by Gasteiger charge is 2.17. The molecule has 0 aromatic heterocycles. The summed E-state index contributed by atoms with van der Waals surface area (Å²) in [6, 6.07) is 5.80. The van der Waals surface area contributed by atoms with E-state index in [1.165, 1.54) is 5.57 Å². The molecule has 1 aliphatic heterocycles. The monoisotopic (exact) mass is 340 g/mol. The van der Waals surface area contributed by atoms with E-state index in [0.717, 1.165) is 41.8 Å². The summed E-state index contributed by atoms with van der Waals surface area (Å²) in [7, 11) is 0. The fourth-order valence-electron chi connectivity index (χ4n) is 2.01. The standard InChI is InChI=1S/C15H18BrClN2/c1-3-11(2)10-19-8-4-5-15(19)18-14-7-6-12(16)9-13(14)17/h6-7,9-10H,3-5,8H2,1-2H3/b11-10-,18-15?. The largest absolute Gasteiger partial charge is 0.337 e. The molecule has 1 aliphatic rings. The Hall–Kier alpha value is -0.800. The van der Waals surface area contributed by atoms with E-state index in [-0.39, 0.29) is 0 Å². The normalized spacial score (nSPS) is 18.4. The Labute approximate surface area is 128 Å². The molecule has 4 heteroatoms. The Kier molecular flexibility index (Phi) is 5.06. The third kappa shape index (κ3) is 3.83. The molecule has 0 saturated carbocycles. The van der Waals surface area contributed by atoms with Crippen LogP contribution < -0.4 is 0 Å². The molecule has 19 heavy (non-hydrogen) atoms. The SMILES string of the molecule is CC/C(C)=C\N1CCCC1=Nc1ccc(Br)cc1Cl. The van der Waals surface area contributed by atoms with Crippen LogP contribution in [0.4, 0.5) is 5.69 Å². The molecule has 102 valence electrons. The first-order valence-corrected chi connectivity index (χ1v) is 7.74. The fraction of sp³-hybridized carbons (Fsp3) is 0.400. The molecule has 0 bridgehead atoms. The van der Waals surface area contributed by atoms with Gasteiger partial charge in [0.05, 0.1) is 10.7 Å². The maximum Gasteiger partial charge on any atom is 0.109 e. The minimum atomic E-state index is 0.685. The quantitative estimate of drug-likeness (QED) is 0.704. The number of allylic oxidation sites excluding steroid dienone is 1. The maximum atomic E-state index is 6.22. The molecule has 2 rings (SSSR count). The first kappa shape index (κ1) is 14.6. The number of nitrogens with zero attached hydrogens (tertiary/aromatic N) is 2. The zero-order chi connectivity index (χ0) is 13.8. The van der Waals surface area contributed by atoms with Gasteiger partial charge in [0.15, 0.2) is 0 Å². The second kappa shape index (κ2) is 6.58. The molecule has 1 aromatic rings. The lowest BCUT2D eigenvalue weighted by atomic mass is 10.2. The molecule has 1 fully saturated rings. The van der Waals surface area contributed by atoms with Crippen LogP contribution in [0.25, 0.3) is 0 Å². The molecule has 0 aliphatic carbocycles. The average molecular weight is 342 g/mol. The van der Waals surface area contributed by atoms with Gasteiger partial charge in [0, 0.05) is 23.6 Å². The van der Waals surface area contributed by atoms with Crippen LogP contribution in [0, 0.1) is 0 Å². The minimum Gasteiger partial charge on any atom is -0.337 e. The number of hydrogen-bond acceptors (Lipinski definition) is 1. The second-order valence-corrected chi connectivity index (χ2v) is 6.07. The maximum absolute atomic E-state index is 6.22. The summed E-state index contributed by atoms with van der Waals surface area (Å²) in [4.78, 5) is 6.96. The van der Waals surface area contributed by atoms with Crippen LogP contribution in [-0.2, 0) is 0 Å². The summed E-state index contributed by atoms with van der Waals surface area (Å²) in [5.41, 5.74) is 2.21. The molecule has 0 N–H and O–H groups in total. The summed E-state index contributed by atoms with van der Waals surface area (Å²) in [6.07, 6.45) is 5.45. The van der Waals surface area contributed by atoms with Crippen LogP contribution in [0.2, 0.25) is 5.02 Å². The lowest BCUT2D eigenvalue weighted by Gasteiger charge is -2.15. The lowest BCUT2D eigenvalue weighted by Crippen LogP contribution is -2.18. The van der Waals surface area contributed by atoms with E-state index >= 15 is 0 Å². The molecule has 0 spiro atoms. The molecule has 1 heterocycles. The highest BCUT2D eigenvalue weighted by atomic mass is 79.9. The van der Waals surface area contributed by atoms with Crippen LogP contribution in [0.1, 0.15) is 33.1 Å². The van der Waals surface area contributed by atoms with Crippen molar-refractivity contribution >= 4 is 39.1 Å². The third-order valence-corrected chi connectivity index (χ3v) is 4.02. The van der Waals surface area contributed by atoms with Gasteiger partial charge in [-0.25, -0.2) is 4.99 Å². The predicted octanol–water partition coefficient (Wildman–Crippen LogP) is 5.54. The Morgan fingerprint density at radius 1 is 1.53 bits per heavy atom. The van der Waals surface area contributed by atoms with Crippen molar-refractivity contribution in [1.82, 2.24) is 4.90 Å². The van der Waals surface area contributed by atoms with Crippen molar-refractivity contribution in [1.29, 1.82) is 0 Å². The van der Waals surface area contributed by atoms with Gasteiger partial charge >= 0.3 is 0 Å². The van der Waals surface area contributed by atoms with Gasteiger partial charge in [-0.05, 0) is 38.0 Å². The zero-order valence-electron chi connectivity index (χ0n) is 11.3. The summed E-state index contributed by atoms with van der Waals surface area (Å²) in [5.74, 6) is 1.11. The highest BCUT2D eigenvalue weighted by Crippen LogP contribution is 2.29. The number of aliphatic imine (C=N–C) groups is 1. The summed E-state index contributed by atoms with van der Waals surface area (Å²) in [6.45, 7) is 5.37. The third-order valence-electron chi connectivity index (χ3n) is 3.22. The van der Waals surface area contributed by atoms with Crippen LogP contribution in [0.15, 0.2) is 39.4 Å². The highest BCUT2D eigenvalue weighted by molar-refractivity contribution is 9.10. The van der Waals surface area contributed by atoms with Gasteiger partial charge in [0.1, 0.15) is 5.84 Å². The van der Waals surface area contributed by atoms with Crippen LogP contribution in [-0.4, -0.2) is 17.3 Å². The average Bonchev–Trinajstić information content (AvgIpc) is 2.80. The molecular weight excluding hydrogens is 324 g/mol. The molecule has 0 unspecified atom stereocenters. The number of amidine groups is 1. The lowest BCUT2D eigenvalue weighted by molar-refractivity contribution is 0.595. The predicted molar refractivity (Wildman–Crippen MR) is 86.2 cm³/mol. The smallest absolute Gasteiger partial charge is 0.109 e. The molecule has 0 amide bonds. The molecule has 1 saturated heterocycles. The molecule has 2 nitrogen and oxygen atoms in total. The van der Waals surface area contributed by atoms with E-state index in [1.54, 1.807) is 0 Å². The van der Waals surface area contributed by atoms with E-state index in [2.05, 4.69) is 40.9 Å². The molecule has 0 atom stereocenters. The van der Waals surface area contributed by atoms with E-state index < -0.39 is 0 Å². The van der Waals surface area contributed by atoms with Crippen molar-refractivity contribution in [3.8, 4) is 0 Å². The number of rotatable bonds is 3. The summed E-state index contributed by atoms with van der Waals surface area (Å²) >= 11 is 9.63. The molecule has 0 radical (unpaired) electrons. The Balaban J connectivity index is 2.26. The van der Waals surface area contributed by atoms with Crippen molar-refractivity contribution in [2.45, 2.75) is 33.1 Å². The molecule has 1 aromatic carbocycles. The van der Waals surface area contributed by atoms with Gasteiger partial charge in [0.2, 0.25) is 0 Å². The van der Waals surface area contributed by atoms with Crippen LogP contribution in [0.3, 0.4) is 0 Å². The minimum absolute atomic E-state index is 0.685. The first-order chi connectivity index (χ1) is 9.10. The van der Waals surface area contributed by atoms with Crippen molar-refractivity contribution < 1.29 is 0 Å². The van der Waals surface area contributed by atoms with Crippen molar-refractivity contribution in [2.24, 2.45) is 4.99 Å². The van der Waals surface area contributed by atoms with Gasteiger partial charge < -0.3 is 4.90 Å². The van der Waals surface area contributed by atoms with Gasteiger partial charge in [0.25, 0.3) is 0 Å². The van der Waals surface area contributed by atoms with Crippen molar-refractivity contribution in [3.05, 3.63) is 39.5 Å². The van der Waals surface area contributed by atoms with Gasteiger partial charge in [-0.2, -0.15) is 0 Å². The van der Waals surface area contributed by atoms with Gasteiger partial charge in [-0.15, -0.1) is 0 Å². The van der Waals surface area contributed by atoms with E-state index in [4.69, 9.17) is 16.6 Å². The second-order valence-electron chi connectivity index (χ2n) is 4.75. The van der Waals surface area contributed by atoms with Crippen molar-refractivity contribution in [3.63, 3.8) is 0 Å². The van der Waals surface area contributed by atoms with Crippen molar-refractivity contribution in [2.75, 3.05) is 6.54 Å². The van der Waals surface area contributed by atoms with Crippen LogP contribution >= 0.6 is 27.5 Å². The molecular formula is C15H18BrClN2. The van der Waals surface area contributed by atoms with E-state index in [0.29, 0.717) is 5.02 Å². The number of benzene rings is 1. The number of hydrogen-bond donors (Lipinski definition) is 0. The van der Waals surface area contributed by atoms with Crippen LogP contribution in [0.5, 0.6) is 0 Å². The van der Waals surface area contributed by atoms with E-state index in [1.807, 2.05) is 18.2 Å². The summed E-state index contributed by atoms with van der Waals surface area (Å²) < 4.78 is 0.978. The van der Waals surface area contributed by atoms with Gasteiger partial charge in [-0.3, -0.25) is 0 Å². The fourth-order valence-corrected chi connectivity index (χ4v) is 2.72. The summed E-state index contributed by atoms with van der Waals surface area (Å²) in [5, 5.41) is 0.685. The Morgan fingerprint density at radius 2 is 2.32 bits per heavy atom. The topological polar surface area (TPSA) is 15.6 Å². The number of halogens is 2. The van der Waals surface area contributed by atoms with E-state index in [9.17, 15) is 0 Å². The number of likely N-dealkylation sites (tertiary alicyclic amines) is 1. The Morgan fingerprint density at radius 3 is 3.00 bits per heavy atom. The zero-order valence-corrected chi connectivity index (χ0v) is 13.6. The Bertz CT molecular complexity index is 523. The van der Waals surface area contributed by atoms with Gasteiger partial charge in [-0.1, -0.05) is 40.0 Å².